The van der Waals surface area contributed by atoms with Gasteiger partial charge in [0, 0.05) is 17.2 Å². The quantitative estimate of drug-likeness (QED) is 0.353. The van der Waals surface area contributed by atoms with Gasteiger partial charge in [-0.2, -0.15) is 0 Å². The molecule has 1 aliphatic heterocycles. The number of hydrogen-bond acceptors (Lipinski definition) is 3. The maximum atomic E-state index is 15.2. The number of aliphatic carboxylic acids is 1. The molecule has 0 saturated heterocycles. The number of rotatable bonds is 7. The summed E-state index contributed by atoms with van der Waals surface area (Å²) in [6, 6.07) is 1.87. The van der Waals surface area contributed by atoms with Crippen LogP contribution in [0.4, 0.5) is 4.39 Å². The molecule has 1 aromatic rings. The number of allylic oxidation sites excluding steroid dienone is 6. The molecule has 0 atom stereocenters. The van der Waals surface area contributed by atoms with E-state index in [1.54, 1.807) is 6.92 Å². The SMILES string of the molecule is CCC(=C(F)C=CC(C)=CC(=O)O)c1cc2c(c(Cl)c1OC)OC(C)(C)C=C2C(C)C. The van der Waals surface area contributed by atoms with Gasteiger partial charge in [-0.25, -0.2) is 9.18 Å². The summed E-state index contributed by atoms with van der Waals surface area (Å²) in [5.74, 6) is -0.477. The fourth-order valence-electron chi connectivity index (χ4n) is 3.61. The van der Waals surface area contributed by atoms with Crippen LogP contribution in [0, 0.1) is 5.92 Å². The van der Waals surface area contributed by atoms with E-state index in [-0.39, 0.29) is 5.92 Å². The molecule has 2 rings (SSSR count). The molecule has 0 saturated carbocycles. The van der Waals surface area contributed by atoms with Crippen molar-refractivity contribution in [3.63, 3.8) is 0 Å². The Kier molecular flexibility index (Phi) is 7.77. The number of fused-ring (bicyclic) bond motifs is 1. The highest BCUT2D eigenvalue weighted by Crippen LogP contribution is 2.50. The molecular formula is C25H30ClFO4. The molecular weight excluding hydrogens is 419 g/mol. The fraction of sp³-hybridized carbons (Fsp3) is 0.400. The first-order valence-electron chi connectivity index (χ1n) is 10.2. The normalized spacial score (nSPS) is 16.6. The number of halogens is 2. The van der Waals surface area contributed by atoms with Crippen molar-refractivity contribution in [3.8, 4) is 11.5 Å². The molecule has 0 spiro atoms. The molecule has 31 heavy (non-hydrogen) atoms. The zero-order chi connectivity index (χ0) is 23.5. The molecule has 1 aromatic carbocycles. The van der Waals surface area contributed by atoms with Crippen LogP contribution >= 0.6 is 11.6 Å². The molecule has 0 unspecified atom stereocenters. The van der Waals surface area contributed by atoms with E-state index in [0.717, 1.165) is 17.2 Å². The van der Waals surface area contributed by atoms with Crippen molar-refractivity contribution in [2.24, 2.45) is 5.92 Å². The molecule has 6 heteroatoms. The molecule has 0 bridgehead atoms. The van der Waals surface area contributed by atoms with Gasteiger partial charge in [-0.15, -0.1) is 0 Å². The molecule has 1 N–H and O–H groups in total. The van der Waals surface area contributed by atoms with Gasteiger partial charge in [0.2, 0.25) is 0 Å². The number of carbonyl (C=O) groups is 1. The van der Waals surface area contributed by atoms with E-state index in [2.05, 4.69) is 19.9 Å². The maximum Gasteiger partial charge on any atom is 0.328 e. The van der Waals surface area contributed by atoms with Gasteiger partial charge < -0.3 is 14.6 Å². The van der Waals surface area contributed by atoms with Crippen molar-refractivity contribution < 1.29 is 23.8 Å². The van der Waals surface area contributed by atoms with Crippen LogP contribution in [0.5, 0.6) is 11.5 Å². The van der Waals surface area contributed by atoms with Crippen molar-refractivity contribution in [3.05, 3.63) is 57.9 Å². The zero-order valence-corrected chi connectivity index (χ0v) is 19.9. The standard InChI is InChI=1S/C25H30ClFO4/c1-8-16(20(27)10-9-15(4)11-21(28)29)17-12-18-19(14(2)3)13-25(5,6)31-24(18)22(26)23(17)30-7/h9-14H,8H2,1-7H3,(H,28,29). The topological polar surface area (TPSA) is 55.8 Å². The van der Waals surface area contributed by atoms with E-state index in [1.165, 1.54) is 19.3 Å². The van der Waals surface area contributed by atoms with E-state index in [4.69, 9.17) is 26.2 Å². The second kappa shape index (κ2) is 9.73. The lowest BCUT2D eigenvalue weighted by Crippen LogP contribution is -2.30. The predicted molar refractivity (Wildman–Crippen MR) is 124 cm³/mol. The second-order valence-corrected chi connectivity index (χ2v) is 8.73. The number of benzene rings is 1. The summed E-state index contributed by atoms with van der Waals surface area (Å²) in [4.78, 5) is 10.8. The van der Waals surface area contributed by atoms with Crippen LogP contribution in [0.15, 0.2) is 41.8 Å². The first-order valence-corrected chi connectivity index (χ1v) is 10.6. The van der Waals surface area contributed by atoms with Crippen molar-refractivity contribution in [2.45, 2.75) is 53.6 Å². The number of carboxylic acid groups (broad SMARTS) is 1. The summed E-state index contributed by atoms with van der Waals surface area (Å²) < 4.78 is 26.9. The number of hydrogen-bond donors (Lipinski definition) is 1. The smallest absolute Gasteiger partial charge is 0.328 e. The predicted octanol–water partition coefficient (Wildman–Crippen LogP) is 7.24. The summed E-state index contributed by atoms with van der Waals surface area (Å²) >= 11 is 6.71. The molecule has 1 aliphatic rings. The number of ether oxygens (including phenoxy) is 2. The Labute approximate surface area is 188 Å². The fourth-order valence-corrected chi connectivity index (χ4v) is 3.93. The number of carboxylic acids is 1. The summed E-state index contributed by atoms with van der Waals surface area (Å²) in [5, 5.41) is 9.14. The second-order valence-electron chi connectivity index (χ2n) is 8.35. The Morgan fingerprint density at radius 3 is 2.52 bits per heavy atom. The van der Waals surface area contributed by atoms with Gasteiger partial charge >= 0.3 is 5.97 Å². The van der Waals surface area contributed by atoms with Crippen LogP contribution in [0.1, 0.15) is 59.1 Å². The van der Waals surface area contributed by atoms with Crippen LogP contribution in [-0.4, -0.2) is 23.8 Å². The third-order valence-electron chi connectivity index (χ3n) is 4.99. The average Bonchev–Trinajstić information content (AvgIpc) is 2.66. The number of methoxy groups -OCH3 is 1. The van der Waals surface area contributed by atoms with Crippen molar-refractivity contribution in [1.82, 2.24) is 0 Å². The van der Waals surface area contributed by atoms with Crippen molar-refractivity contribution >= 4 is 28.7 Å². The molecule has 168 valence electrons. The molecule has 0 amide bonds. The molecule has 0 fully saturated rings. The Bertz CT molecular complexity index is 997. The highest BCUT2D eigenvalue weighted by molar-refractivity contribution is 6.34. The first-order chi connectivity index (χ1) is 14.4. The minimum atomic E-state index is -1.08. The van der Waals surface area contributed by atoms with Crippen LogP contribution in [0.3, 0.4) is 0 Å². The Morgan fingerprint density at radius 2 is 2.00 bits per heavy atom. The first kappa shape index (κ1) is 24.7. The van der Waals surface area contributed by atoms with E-state index in [1.807, 2.05) is 26.8 Å². The average molecular weight is 449 g/mol. The highest BCUT2D eigenvalue weighted by atomic mass is 35.5. The molecule has 4 nitrogen and oxygen atoms in total. The van der Waals surface area contributed by atoms with E-state index < -0.39 is 17.4 Å². The third kappa shape index (κ3) is 5.59. The minimum absolute atomic E-state index is 0.210. The monoisotopic (exact) mass is 448 g/mol. The molecule has 1 heterocycles. The third-order valence-corrected chi connectivity index (χ3v) is 5.34. The van der Waals surface area contributed by atoms with E-state index in [9.17, 15) is 4.79 Å². The van der Waals surface area contributed by atoms with Crippen LogP contribution in [0.25, 0.3) is 11.1 Å². The van der Waals surface area contributed by atoms with Gasteiger partial charge in [0.15, 0.2) is 5.75 Å². The van der Waals surface area contributed by atoms with Gasteiger partial charge in [-0.05, 0) is 68.0 Å². The van der Waals surface area contributed by atoms with Crippen LogP contribution < -0.4 is 9.47 Å². The Balaban J connectivity index is 2.73. The van der Waals surface area contributed by atoms with Gasteiger partial charge in [-0.1, -0.05) is 38.4 Å². The van der Waals surface area contributed by atoms with E-state index >= 15 is 4.39 Å². The highest BCUT2D eigenvalue weighted by Gasteiger charge is 2.32. The Hall–Kier alpha value is -2.53. The molecule has 0 aromatic heterocycles. The summed E-state index contributed by atoms with van der Waals surface area (Å²) in [7, 11) is 1.49. The lowest BCUT2D eigenvalue weighted by atomic mass is 9.85. The molecule has 0 aliphatic carbocycles. The summed E-state index contributed by atoms with van der Waals surface area (Å²) in [5.41, 5.74) is 2.74. The van der Waals surface area contributed by atoms with Crippen molar-refractivity contribution in [2.75, 3.05) is 7.11 Å². The minimum Gasteiger partial charge on any atom is -0.494 e. The van der Waals surface area contributed by atoms with Crippen LogP contribution in [-0.2, 0) is 4.79 Å². The van der Waals surface area contributed by atoms with Crippen LogP contribution in [0.2, 0.25) is 5.02 Å². The largest absolute Gasteiger partial charge is 0.494 e. The maximum absolute atomic E-state index is 15.2. The van der Waals surface area contributed by atoms with E-state index in [0.29, 0.717) is 39.7 Å². The van der Waals surface area contributed by atoms with Crippen molar-refractivity contribution in [1.29, 1.82) is 0 Å². The molecule has 0 radical (unpaired) electrons. The van der Waals surface area contributed by atoms with Gasteiger partial charge in [-0.3, -0.25) is 0 Å². The van der Waals surface area contributed by atoms with Gasteiger partial charge in [0.05, 0.1) is 7.11 Å². The summed E-state index contributed by atoms with van der Waals surface area (Å²) in [6.45, 7) is 11.5. The van der Waals surface area contributed by atoms with Gasteiger partial charge in [0.1, 0.15) is 22.2 Å². The zero-order valence-electron chi connectivity index (χ0n) is 19.1. The van der Waals surface area contributed by atoms with Gasteiger partial charge in [0.25, 0.3) is 0 Å². The Morgan fingerprint density at radius 1 is 1.35 bits per heavy atom. The lowest BCUT2D eigenvalue weighted by molar-refractivity contribution is -0.131. The lowest BCUT2D eigenvalue weighted by Gasteiger charge is -2.34. The summed E-state index contributed by atoms with van der Waals surface area (Å²) in [6.07, 6.45) is 6.16.